The van der Waals surface area contributed by atoms with Crippen LogP contribution in [0, 0.1) is 6.92 Å². The summed E-state index contributed by atoms with van der Waals surface area (Å²) in [5.41, 5.74) is 2.54. The third-order valence-corrected chi connectivity index (χ3v) is 3.42. The maximum Gasteiger partial charge on any atom is 0.263 e. The first-order valence-corrected chi connectivity index (χ1v) is 6.26. The van der Waals surface area contributed by atoms with Gasteiger partial charge in [-0.1, -0.05) is 28.5 Å². The summed E-state index contributed by atoms with van der Waals surface area (Å²) in [5, 5.41) is 16.0. The van der Waals surface area contributed by atoms with Crippen molar-refractivity contribution in [2.24, 2.45) is 5.16 Å². The molecular formula is C14H13N3O3. The largest absolute Gasteiger partial charge is 0.411 e. The molecule has 0 unspecified atom stereocenters. The number of anilines is 1. The van der Waals surface area contributed by atoms with Crippen molar-refractivity contribution in [3.8, 4) is 0 Å². The van der Waals surface area contributed by atoms with Crippen LogP contribution in [0.5, 0.6) is 0 Å². The molecule has 6 heteroatoms. The summed E-state index contributed by atoms with van der Waals surface area (Å²) in [6.45, 7) is 2.16. The molecule has 0 saturated heterocycles. The number of amides is 1. The molecule has 1 aromatic carbocycles. The van der Waals surface area contributed by atoms with Crippen LogP contribution in [0.1, 0.15) is 28.1 Å². The SMILES string of the molecule is Cc1oncc1C(=O)N1CCC(=NO)c2ccccc21. The molecule has 1 N–H and O–H groups in total. The summed E-state index contributed by atoms with van der Waals surface area (Å²) in [6.07, 6.45) is 1.93. The minimum Gasteiger partial charge on any atom is -0.411 e. The van der Waals surface area contributed by atoms with Gasteiger partial charge >= 0.3 is 0 Å². The zero-order valence-corrected chi connectivity index (χ0v) is 10.9. The molecule has 1 aliphatic heterocycles. The van der Waals surface area contributed by atoms with Crippen LogP contribution in [0.4, 0.5) is 5.69 Å². The molecule has 0 spiro atoms. The number of benzene rings is 1. The maximum atomic E-state index is 12.6. The molecule has 0 bridgehead atoms. The summed E-state index contributed by atoms with van der Waals surface area (Å²) in [5.74, 6) is 0.335. The number of hydrogen-bond acceptors (Lipinski definition) is 5. The van der Waals surface area contributed by atoms with Crippen molar-refractivity contribution in [1.29, 1.82) is 0 Å². The van der Waals surface area contributed by atoms with E-state index in [0.29, 0.717) is 30.0 Å². The van der Waals surface area contributed by atoms with Crippen LogP contribution in [-0.2, 0) is 0 Å². The van der Waals surface area contributed by atoms with Gasteiger partial charge in [0.2, 0.25) is 0 Å². The quantitative estimate of drug-likeness (QED) is 0.637. The van der Waals surface area contributed by atoms with Crippen molar-refractivity contribution >= 4 is 17.3 Å². The van der Waals surface area contributed by atoms with Gasteiger partial charge < -0.3 is 14.6 Å². The fourth-order valence-electron chi connectivity index (χ4n) is 2.39. The Bertz CT molecular complexity index is 690. The van der Waals surface area contributed by atoms with E-state index in [1.807, 2.05) is 24.3 Å². The van der Waals surface area contributed by atoms with Crippen LogP contribution in [0.25, 0.3) is 0 Å². The first kappa shape index (κ1) is 12.4. The number of carbonyl (C=O) groups excluding carboxylic acids is 1. The van der Waals surface area contributed by atoms with Crippen molar-refractivity contribution in [2.75, 3.05) is 11.4 Å². The molecule has 1 aromatic heterocycles. The summed E-state index contributed by atoms with van der Waals surface area (Å²) >= 11 is 0. The molecule has 0 aliphatic carbocycles. The number of carbonyl (C=O) groups is 1. The second-order valence-corrected chi connectivity index (χ2v) is 4.57. The summed E-state index contributed by atoms with van der Waals surface area (Å²) in [4.78, 5) is 14.2. The standard InChI is InChI=1S/C14H13N3O3/c1-9-11(8-15-20-9)14(18)17-7-6-12(16-19)10-4-2-3-5-13(10)17/h2-5,8,19H,6-7H2,1H3. The van der Waals surface area contributed by atoms with Crippen LogP contribution < -0.4 is 4.90 Å². The average Bonchev–Trinajstić information content (AvgIpc) is 2.91. The number of rotatable bonds is 1. The highest BCUT2D eigenvalue weighted by Gasteiger charge is 2.28. The number of oxime groups is 1. The molecule has 1 aliphatic rings. The third kappa shape index (κ3) is 1.85. The van der Waals surface area contributed by atoms with E-state index in [1.54, 1.807) is 11.8 Å². The summed E-state index contributed by atoms with van der Waals surface area (Å²) in [7, 11) is 0. The number of para-hydroxylation sites is 1. The Morgan fingerprint density at radius 1 is 1.45 bits per heavy atom. The van der Waals surface area contributed by atoms with E-state index >= 15 is 0 Å². The highest BCUT2D eigenvalue weighted by Crippen LogP contribution is 2.29. The van der Waals surface area contributed by atoms with E-state index in [9.17, 15) is 4.79 Å². The molecule has 0 fully saturated rings. The van der Waals surface area contributed by atoms with E-state index in [1.165, 1.54) is 6.20 Å². The number of hydrogen-bond donors (Lipinski definition) is 1. The molecule has 20 heavy (non-hydrogen) atoms. The minimum absolute atomic E-state index is 0.159. The molecule has 0 radical (unpaired) electrons. The lowest BCUT2D eigenvalue weighted by atomic mass is 9.99. The molecule has 0 saturated carbocycles. The highest BCUT2D eigenvalue weighted by molar-refractivity contribution is 6.14. The van der Waals surface area contributed by atoms with E-state index < -0.39 is 0 Å². The summed E-state index contributed by atoms with van der Waals surface area (Å²) < 4.78 is 4.95. The third-order valence-electron chi connectivity index (χ3n) is 3.42. The predicted octanol–water partition coefficient (Wildman–Crippen LogP) is 2.21. The number of aryl methyl sites for hydroxylation is 1. The smallest absolute Gasteiger partial charge is 0.263 e. The molecular weight excluding hydrogens is 258 g/mol. The first-order valence-electron chi connectivity index (χ1n) is 6.26. The predicted molar refractivity (Wildman–Crippen MR) is 72.3 cm³/mol. The van der Waals surface area contributed by atoms with Crippen LogP contribution >= 0.6 is 0 Å². The van der Waals surface area contributed by atoms with Gasteiger partial charge in [-0.15, -0.1) is 0 Å². The zero-order chi connectivity index (χ0) is 14.1. The van der Waals surface area contributed by atoms with Crippen molar-refractivity contribution in [1.82, 2.24) is 5.16 Å². The van der Waals surface area contributed by atoms with Crippen LogP contribution in [0.2, 0.25) is 0 Å². The second kappa shape index (κ2) is 4.80. The Labute approximate surface area is 115 Å². The Kier molecular flexibility index (Phi) is 2.98. The van der Waals surface area contributed by atoms with E-state index in [0.717, 1.165) is 11.3 Å². The molecule has 6 nitrogen and oxygen atoms in total. The van der Waals surface area contributed by atoms with Crippen LogP contribution in [0.3, 0.4) is 0 Å². The van der Waals surface area contributed by atoms with Gasteiger partial charge in [-0.2, -0.15) is 0 Å². The van der Waals surface area contributed by atoms with Gasteiger partial charge in [0.1, 0.15) is 11.3 Å². The van der Waals surface area contributed by atoms with Crippen molar-refractivity contribution in [2.45, 2.75) is 13.3 Å². The molecule has 3 rings (SSSR count). The average molecular weight is 271 g/mol. The Hall–Kier alpha value is -2.63. The van der Waals surface area contributed by atoms with Gasteiger partial charge in [-0.05, 0) is 13.0 Å². The highest BCUT2D eigenvalue weighted by atomic mass is 16.5. The van der Waals surface area contributed by atoms with Gasteiger partial charge in [0.15, 0.2) is 0 Å². The first-order chi connectivity index (χ1) is 9.72. The van der Waals surface area contributed by atoms with Crippen LogP contribution in [0.15, 0.2) is 40.1 Å². The van der Waals surface area contributed by atoms with Gasteiger partial charge in [-0.3, -0.25) is 4.79 Å². The van der Waals surface area contributed by atoms with E-state index in [-0.39, 0.29) is 5.91 Å². The minimum atomic E-state index is -0.159. The second-order valence-electron chi connectivity index (χ2n) is 4.57. The zero-order valence-electron chi connectivity index (χ0n) is 10.9. The van der Waals surface area contributed by atoms with Crippen molar-refractivity contribution in [3.63, 3.8) is 0 Å². The van der Waals surface area contributed by atoms with Gasteiger partial charge in [-0.25, -0.2) is 0 Å². The van der Waals surface area contributed by atoms with Crippen molar-refractivity contribution < 1.29 is 14.5 Å². The van der Waals surface area contributed by atoms with Gasteiger partial charge in [0.05, 0.1) is 17.6 Å². The Morgan fingerprint density at radius 2 is 2.25 bits per heavy atom. The fourth-order valence-corrected chi connectivity index (χ4v) is 2.39. The van der Waals surface area contributed by atoms with Gasteiger partial charge in [0, 0.05) is 18.5 Å². The van der Waals surface area contributed by atoms with Crippen molar-refractivity contribution in [3.05, 3.63) is 47.3 Å². The van der Waals surface area contributed by atoms with Crippen LogP contribution in [-0.4, -0.2) is 28.5 Å². The normalized spacial score (nSPS) is 16.2. The molecule has 102 valence electrons. The van der Waals surface area contributed by atoms with Gasteiger partial charge in [0.25, 0.3) is 5.91 Å². The molecule has 0 atom stereocenters. The summed E-state index contributed by atoms with van der Waals surface area (Å²) in [6, 6.07) is 7.37. The monoisotopic (exact) mass is 271 g/mol. The number of nitrogens with zero attached hydrogens (tertiary/aromatic N) is 3. The Morgan fingerprint density at radius 3 is 2.95 bits per heavy atom. The lowest BCUT2D eigenvalue weighted by Gasteiger charge is -2.29. The topological polar surface area (TPSA) is 78.9 Å². The fraction of sp³-hybridized carbons (Fsp3) is 0.214. The Balaban J connectivity index is 2.04. The lowest BCUT2D eigenvalue weighted by molar-refractivity contribution is 0.0985. The molecule has 2 aromatic rings. The number of fused-ring (bicyclic) bond motifs is 1. The number of aromatic nitrogens is 1. The lowest BCUT2D eigenvalue weighted by Crippen LogP contribution is -2.37. The maximum absolute atomic E-state index is 12.6. The van der Waals surface area contributed by atoms with E-state index in [4.69, 9.17) is 9.73 Å². The molecule has 1 amide bonds. The molecule has 2 heterocycles. The van der Waals surface area contributed by atoms with E-state index in [2.05, 4.69) is 10.3 Å².